The first-order chi connectivity index (χ1) is 18.2. The predicted molar refractivity (Wildman–Crippen MR) is 136 cm³/mol. The molecule has 0 amide bonds. The van der Waals surface area contributed by atoms with E-state index < -0.39 is 5.97 Å². The summed E-state index contributed by atoms with van der Waals surface area (Å²) in [4.78, 5) is 21.5. The van der Waals surface area contributed by atoms with Gasteiger partial charge < -0.3 is 14.0 Å². The fraction of sp³-hybridized carbons (Fsp3) is 0.179. The summed E-state index contributed by atoms with van der Waals surface area (Å²) >= 11 is 0. The van der Waals surface area contributed by atoms with Crippen LogP contribution in [0.5, 0.6) is 5.75 Å². The highest BCUT2D eigenvalue weighted by Crippen LogP contribution is 2.27. The van der Waals surface area contributed by atoms with Crippen molar-refractivity contribution < 1.29 is 18.8 Å². The summed E-state index contributed by atoms with van der Waals surface area (Å²) in [6, 6.07) is 21.1. The molecule has 0 N–H and O–H groups in total. The predicted octanol–water partition coefficient (Wildman–Crippen LogP) is 4.84. The molecule has 37 heavy (non-hydrogen) atoms. The van der Waals surface area contributed by atoms with Crippen LogP contribution in [0.1, 0.15) is 28.2 Å². The quantitative estimate of drug-likeness (QED) is 0.200. The molecule has 9 heteroatoms. The van der Waals surface area contributed by atoms with Crippen LogP contribution in [0.4, 0.5) is 0 Å². The van der Waals surface area contributed by atoms with E-state index in [0.29, 0.717) is 48.1 Å². The first-order valence-electron chi connectivity index (χ1n) is 11.9. The van der Waals surface area contributed by atoms with Crippen molar-refractivity contribution >= 4 is 5.97 Å². The maximum atomic E-state index is 13.1. The number of rotatable bonds is 10. The van der Waals surface area contributed by atoms with Crippen molar-refractivity contribution in [1.82, 2.24) is 24.9 Å². The number of ether oxygens (including phenoxy) is 2. The maximum Gasteiger partial charge on any atom is 0.341 e. The van der Waals surface area contributed by atoms with Crippen molar-refractivity contribution in [2.45, 2.75) is 19.4 Å². The van der Waals surface area contributed by atoms with Crippen molar-refractivity contribution in [3.63, 3.8) is 0 Å². The number of methoxy groups -OCH3 is 1. The van der Waals surface area contributed by atoms with E-state index in [1.807, 2.05) is 66.7 Å². The van der Waals surface area contributed by atoms with Gasteiger partial charge in [-0.25, -0.2) is 4.79 Å². The van der Waals surface area contributed by atoms with Gasteiger partial charge in [0.05, 0.1) is 20.3 Å². The highest BCUT2D eigenvalue weighted by Gasteiger charge is 2.20. The van der Waals surface area contributed by atoms with Crippen LogP contribution in [0.25, 0.3) is 22.6 Å². The normalized spacial score (nSPS) is 10.8. The molecule has 0 saturated carbocycles. The molecule has 0 aliphatic heterocycles. The van der Waals surface area contributed by atoms with Gasteiger partial charge in [0.25, 0.3) is 0 Å². The Bertz CT molecular complexity index is 1460. The standard InChI is InChI=1S/C28H25N5O4/c1-35-23-12-5-10-21(16-23)26-24(19-33(31-26)18-20-8-3-2-4-9-20)28(34)36-15-7-13-25-30-27(32-37-25)22-11-6-14-29-17-22/h2-6,8-12,14,16-17,19H,7,13,15,18H2,1H3. The van der Waals surface area contributed by atoms with Crippen molar-refractivity contribution in [2.24, 2.45) is 0 Å². The minimum Gasteiger partial charge on any atom is -0.497 e. The second-order valence-corrected chi connectivity index (χ2v) is 8.30. The Morgan fingerprint density at radius 1 is 1.03 bits per heavy atom. The Morgan fingerprint density at radius 2 is 1.89 bits per heavy atom. The highest BCUT2D eigenvalue weighted by atomic mass is 16.5. The first-order valence-corrected chi connectivity index (χ1v) is 11.9. The number of esters is 1. The summed E-state index contributed by atoms with van der Waals surface area (Å²) in [5.74, 6) is 1.19. The lowest BCUT2D eigenvalue weighted by Crippen LogP contribution is -2.08. The molecule has 0 fully saturated rings. The van der Waals surface area contributed by atoms with Crippen LogP contribution < -0.4 is 4.74 Å². The number of carbonyl (C=O) groups excluding carboxylic acids is 1. The largest absolute Gasteiger partial charge is 0.497 e. The fourth-order valence-corrected chi connectivity index (χ4v) is 3.84. The molecule has 186 valence electrons. The van der Waals surface area contributed by atoms with Crippen LogP contribution >= 0.6 is 0 Å². The van der Waals surface area contributed by atoms with E-state index in [9.17, 15) is 4.79 Å². The summed E-state index contributed by atoms with van der Waals surface area (Å²) in [6.45, 7) is 0.729. The van der Waals surface area contributed by atoms with E-state index in [2.05, 4.69) is 15.1 Å². The van der Waals surface area contributed by atoms with Crippen LogP contribution in [0.3, 0.4) is 0 Å². The van der Waals surface area contributed by atoms with Crippen LogP contribution in [-0.2, 0) is 17.7 Å². The summed E-state index contributed by atoms with van der Waals surface area (Å²) in [5.41, 5.74) is 3.56. The lowest BCUT2D eigenvalue weighted by atomic mass is 10.1. The van der Waals surface area contributed by atoms with E-state index in [1.54, 1.807) is 30.4 Å². The number of aromatic nitrogens is 5. The molecule has 2 aromatic carbocycles. The van der Waals surface area contributed by atoms with Crippen molar-refractivity contribution in [3.8, 4) is 28.4 Å². The van der Waals surface area contributed by atoms with Gasteiger partial charge in [0.2, 0.25) is 11.7 Å². The van der Waals surface area contributed by atoms with Gasteiger partial charge in [-0.15, -0.1) is 0 Å². The van der Waals surface area contributed by atoms with Gasteiger partial charge in [-0.3, -0.25) is 9.67 Å². The molecule has 0 atom stereocenters. The molecular formula is C28H25N5O4. The van der Waals surface area contributed by atoms with E-state index in [1.165, 1.54) is 0 Å². The number of hydrogen-bond acceptors (Lipinski definition) is 8. The van der Waals surface area contributed by atoms with Crippen molar-refractivity contribution in [3.05, 3.63) is 102 Å². The van der Waals surface area contributed by atoms with Gasteiger partial charge in [0, 0.05) is 36.1 Å². The van der Waals surface area contributed by atoms with Gasteiger partial charge in [0.15, 0.2) is 0 Å². The van der Waals surface area contributed by atoms with Gasteiger partial charge >= 0.3 is 5.97 Å². The number of aryl methyl sites for hydroxylation is 1. The minimum atomic E-state index is -0.446. The first kappa shape index (κ1) is 23.9. The van der Waals surface area contributed by atoms with E-state index in [-0.39, 0.29) is 6.61 Å². The number of benzene rings is 2. The number of nitrogens with zero attached hydrogens (tertiary/aromatic N) is 5. The van der Waals surface area contributed by atoms with Crippen LogP contribution in [-0.4, -0.2) is 44.6 Å². The summed E-state index contributed by atoms with van der Waals surface area (Å²) in [7, 11) is 1.60. The number of hydrogen-bond donors (Lipinski definition) is 0. The molecule has 3 aromatic heterocycles. The average molecular weight is 496 g/mol. The fourth-order valence-electron chi connectivity index (χ4n) is 3.84. The van der Waals surface area contributed by atoms with Gasteiger partial charge in [-0.2, -0.15) is 10.1 Å². The highest BCUT2D eigenvalue weighted by molar-refractivity contribution is 5.96. The molecule has 0 spiro atoms. The van der Waals surface area contributed by atoms with E-state index >= 15 is 0 Å². The van der Waals surface area contributed by atoms with E-state index in [0.717, 1.165) is 16.7 Å². The topological polar surface area (TPSA) is 105 Å². The number of pyridine rings is 1. The smallest absolute Gasteiger partial charge is 0.341 e. The lowest BCUT2D eigenvalue weighted by Gasteiger charge is -2.06. The molecule has 0 saturated heterocycles. The average Bonchev–Trinajstić information content (AvgIpc) is 3.60. The zero-order valence-corrected chi connectivity index (χ0v) is 20.3. The molecule has 0 aliphatic carbocycles. The van der Waals surface area contributed by atoms with Gasteiger partial charge in [-0.1, -0.05) is 47.6 Å². The Balaban J connectivity index is 1.26. The molecule has 9 nitrogen and oxygen atoms in total. The number of carbonyl (C=O) groups is 1. The van der Waals surface area contributed by atoms with Crippen molar-refractivity contribution in [2.75, 3.05) is 13.7 Å². The third-order valence-corrected chi connectivity index (χ3v) is 5.67. The third-order valence-electron chi connectivity index (χ3n) is 5.67. The minimum absolute atomic E-state index is 0.199. The zero-order valence-electron chi connectivity index (χ0n) is 20.3. The van der Waals surface area contributed by atoms with E-state index in [4.69, 9.17) is 19.1 Å². The summed E-state index contributed by atoms with van der Waals surface area (Å²) in [5, 5.41) is 8.69. The molecule has 0 unspecified atom stereocenters. The molecule has 3 heterocycles. The van der Waals surface area contributed by atoms with Crippen LogP contribution in [0.15, 0.2) is 89.8 Å². The Labute approximate surface area is 213 Å². The Kier molecular flexibility index (Phi) is 7.31. The molecule has 0 radical (unpaired) electrons. The molecule has 0 aliphatic rings. The summed E-state index contributed by atoms with van der Waals surface area (Å²) in [6.07, 6.45) is 6.10. The second-order valence-electron chi connectivity index (χ2n) is 8.30. The van der Waals surface area contributed by atoms with Crippen LogP contribution in [0, 0.1) is 0 Å². The maximum absolute atomic E-state index is 13.1. The molecule has 5 rings (SSSR count). The molecular weight excluding hydrogens is 470 g/mol. The van der Waals surface area contributed by atoms with Crippen LogP contribution in [0.2, 0.25) is 0 Å². The summed E-state index contributed by atoms with van der Waals surface area (Å²) < 4.78 is 18.0. The monoisotopic (exact) mass is 495 g/mol. The SMILES string of the molecule is COc1cccc(-c2nn(Cc3ccccc3)cc2C(=O)OCCCc2nc(-c3cccnc3)no2)c1. The third kappa shape index (κ3) is 5.90. The Morgan fingerprint density at radius 3 is 2.70 bits per heavy atom. The van der Waals surface area contributed by atoms with Gasteiger partial charge in [-0.05, 0) is 36.2 Å². The van der Waals surface area contributed by atoms with Crippen molar-refractivity contribution in [1.29, 1.82) is 0 Å². The molecule has 5 aromatic rings. The lowest BCUT2D eigenvalue weighted by molar-refractivity contribution is 0.0499. The molecule has 0 bridgehead atoms. The zero-order chi connectivity index (χ0) is 25.5. The second kappa shape index (κ2) is 11.3. The van der Waals surface area contributed by atoms with Gasteiger partial charge in [0.1, 0.15) is 17.0 Å². The Hall–Kier alpha value is -4.79.